The fourth-order valence-corrected chi connectivity index (χ4v) is 4.34. The fraction of sp³-hybridized carbons (Fsp3) is 1.00. The number of rotatable bonds is 3. The Labute approximate surface area is 120 Å². The van der Waals surface area contributed by atoms with Crippen molar-refractivity contribution >= 4 is 0 Å². The van der Waals surface area contributed by atoms with E-state index in [1.54, 1.807) is 0 Å². The van der Waals surface area contributed by atoms with Crippen LogP contribution in [0.5, 0.6) is 0 Å². The van der Waals surface area contributed by atoms with Crippen LogP contribution in [0.4, 0.5) is 0 Å². The van der Waals surface area contributed by atoms with Gasteiger partial charge in [-0.3, -0.25) is 0 Å². The zero-order chi connectivity index (χ0) is 13.9. The zero-order valence-corrected chi connectivity index (χ0v) is 13.7. The molecule has 2 fully saturated rings. The number of hydrogen-bond acceptors (Lipinski definition) is 1. The van der Waals surface area contributed by atoms with Gasteiger partial charge >= 0.3 is 0 Å². The van der Waals surface area contributed by atoms with E-state index in [-0.39, 0.29) is 0 Å². The Kier molecular flexibility index (Phi) is 5.34. The van der Waals surface area contributed by atoms with Crippen LogP contribution in [0.25, 0.3) is 0 Å². The number of nitrogens with one attached hydrogen (secondary N) is 1. The van der Waals surface area contributed by atoms with Gasteiger partial charge in [0.25, 0.3) is 0 Å². The fourth-order valence-electron chi connectivity index (χ4n) is 4.34. The first-order chi connectivity index (χ1) is 9.00. The summed E-state index contributed by atoms with van der Waals surface area (Å²) in [7, 11) is 0. The minimum Gasteiger partial charge on any atom is -0.311 e. The standard InChI is InChI=1S/C18H35N/c1-5-14-8-6-7-9-17(14)19-16-12-10-15(11-13-16)18(2,3)4/h14-17,19H,5-13H2,1-4H3. The van der Waals surface area contributed by atoms with Gasteiger partial charge in [0.2, 0.25) is 0 Å². The second-order valence-corrected chi connectivity index (χ2v) is 8.14. The molecule has 0 aromatic carbocycles. The summed E-state index contributed by atoms with van der Waals surface area (Å²) in [5.74, 6) is 1.90. The van der Waals surface area contributed by atoms with Crippen molar-refractivity contribution < 1.29 is 0 Å². The minimum absolute atomic E-state index is 0.516. The van der Waals surface area contributed by atoms with Crippen LogP contribution in [-0.2, 0) is 0 Å². The monoisotopic (exact) mass is 265 g/mol. The summed E-state index contributed by atoms with van der Waals surface area (Å²) in [5.41, 5.74) is 0.516. The molecule has 2 aliphatic carbocycles. The largest absolute Gasteiger partial charge is 0.311 e. The maximum atomic E-state index is 4.03. The lowest BCUT2D eigenvalue weighted by Crippen LogP contribution is -2.46. The molecule has 1 N–H and O–H groups in total. The molecule has 1 nitrogen and oxygen atoms in total. The van der Waals surface area contributed by atoms with Crippen molar-refractivity contribution in [2.75, 3.05) is 0 Å². The summed E-state index contributed by atoms with van der Waals surface area (Å²) in [4.78, 5) is 0. The highest BCUT2D eigenvalue weighted by Crippen LogP contribution is 2.38. The molecule has 19 heavy (non-hydrogen) atoms. The van der Waals surface area contributed by atoms with E-state index in [0.29, 0.717) is 5.41 Å². The predicted molar refractivity (Wildman–Crippen MR) is 84.4 cm³/mol. The summed E-state index contributed by atoms with van der Waals surface area (Å²) in [5, 5.41) is 4.03. The summed E-state index contributed by atoms with van der Waals surface area (Å²) in [6.07, 6.45) is 12.9. The van der Waals surface area contributed by atoms with Crippen molar-refractivity contribution in [1.29, 1.82) is 0 Å². The Morgan fingerprint density at radius 1 is 0.895 bits per heavy atom. The van der Waals surface area contributed by atoms with Gasteiger partial charge in [0.05, 0.1) is 0 Å². The van der Waals surface area contributed by atoms with E-state index in [2.05, 4.69) is 33.0 Å². The lowest BCUT2D eigenvalue weighted by Gasteiger charge is -2.40. The predicted octanol–water partition coefficient (Wildman–Crippen LogP) is 5.15. The van der Waals surface area contributed by atoms with E-state index in [4.69, 9.17) is 0 Å². The van der Waals surface area contributed by atoms with Crippen molar-refractivity contribution in [2.24, 2.45) is 17.3 Å². The van der Waals surface area contributed by atoms with E-state index < -0.39 is 0 Å². The molecule has 2 unspecified atom stereocenters. The van der Waals surface area contributed by atoms with Gasteiger partial charge in [0.15, 0.2) is 0 Å². The molecule has 2 rings (SSSR count). The lowest BCUT2D eigenvalue weighted by atomic mass is 9.71. The Morgan fingerprint density at radius 2 is 1.53 bits per heavy atom. The van der Waals surface area contributed by atoms with Crippen LogP contribution in [0.1, 0.15) is 85.5 Å². The number of hydrogen-bond donors (Lipinski definition) is 1. The average Bonchev–Trinajstić information content (AvgIpc) is 2.39. The first-order valence-electron chi connectivity index (χ1n) is 8.76. The van der Waals surface area contributed by atoms with E-state index >= 15 is 0 Å². The van der Waals surface area contributed by atoms with Crippen LogP contribution in [0.3, 0.4) is 0 Å². The van der Waals surface area contributed by atoms with Crippen LogP contribution in [-0.4, -0.2) is 12.1 Å². The van der Waals surface area contributed by atoms with Gasteiger partial charge in [-0.25, -0.2) is 0 Å². The van der Waals surface area contributed by atoms with E-state index in [0.717, 1.165) is 23.9 Å². The second kappa shape index (κ2) is 6.61. The molecule has 0 aromatic heterocycles. The summed E-state index contributed by atoms with van der Waals surface area (Å²) in [6, 6.07) is 1.64. The molecule has 2 atom stereocenters. The molecule has 0 saturated heterocycles. The maximum absolute atomic E-state index is 4.03. The lowest BCUT2D eigenvalue weighted by molar-refractivity contribution is 0.143. The molecule has 112 valence electrons. The van der Waals surface area contributed by atoms with Crippen molar-refractivity contribution in [1.82, 2.24) is 5.32 Å². The highest BCUT2D eigenvalue weighted by molar-refractivity contribution is 4.88. The molecule has 2 aliphatic rings. The molecular weight excluding hydrogens is 230 g/mol. The molecule has 0 bridgehead atoms. The molecule has 2 saturated carbocycles. The quantitative estimate of drug-likeness (QED) is 0.744. The Bertz CT molecular complexity index is 257. The summed E-state index contributed by atoms with van der Waals surface area (Å²) in [6.45, 7) is 9.63. The molecule has 1 heteroatoms. The third-order valence-electron chi connectivity index (χ3n) is 5.84. The van der Waals surface area contributed by atoms with Crippen LogP contribution in [0.2, 0.25) is 0 Å². The first kappa shape index (κ1) is 15.4. The van der Waals surface area contributed by atoms with Gasteiger partial charge in [-0.2, -0.15) is 0 Å². The van der Waals surface area contributed by atoms with Gasteiger partial charge in [0.1, 0.15) is 0 Å². The summed E-state index contributed by atoms with van der Waals surface area (Å²) < 4.78 is 0. The zero-order valence-electron chi connectivity index (χ0n) is 13.7. The summed E-state index contributed by atoms with van der Waals surface area (Å²) >= 11 is 0. The van der Waals surface area contributed by atoms with Crippen molar-refractivity contribution in [3.63, 3.8) is 0 Å². The molecule has 0 aliphatic heterocycles. The second-order valence-electron chi connectivity index (χ2n) is 8.14. The van der Waals surface area contributed by atoms with Gasteiger partial charge in [-0.05, 0) is 55.8 Å². The highest BCUT2D eigenvalue weighted by Gasteiger charge is 2.32. The van der Waals surface area contributed by atoms with Gasteiger partial charge in [0, 0.05) is 12.1 Å². The van der Waals surface area contributed by atoms with Gasteiger partial charge in [-0.1, -0.05) is 47.0 Å². The van der Waals surface area contributed by atoms with E-state index in [1.165, 1.54) is 57.8 Å². The third kappa shape index (κ3) is 4.21. The maximum Gasteiger partial charge on any atom is 0.00978 e. The van der Waals surface area contributed by atoms with Gasteiger partial charge in [-0.15, -0.1) is 0 Å². The Hall–Kier alpha value is -0.0400. The third-order valence-corrected chi connectivity index (χ3v) is 5.84. The van der Waals surface area contributed by atoms with Crippen LogP contribution in [0, 0.1) is 17.3 Å². The molecule has 0 heterocycles. The topological polar surface area (TPSA) is 12.0 Å². The molecule has 0 amide bonds. The van der Waals surface area contributed by atoms with Crippen molar-refractivity contribution in [3.05, 3.63) is 0 Å². The van der Waals surface area contributed by atoms with Crippen LogP contribution >= 0.6 is 0 Å². The SMILES string of the molecule is CCC1CCCCC1NC1CCC(C(C)(C)C)CC1. The Balaban J connectivity index is 1.78. The van der Waals surface area contributed by atoms with E-state index in [1.807, 2.05) is 0 Å². The molecular formula is C18H35N. The minimum atomic E-state index is 0.516. The Morgan fingerprint density at radius 3 is 2.11 bits per heavy atom. The average molecular weight is 265 g/mol. The highest BCUT2D eigenvalue weighted by atomic mass is 15.0. The van der Waals surface area contributed by atoms with Crippen LogP contribution < -0.4 is 5.32 Å². The van der Waals surface area contributed by atoms with Crippen molar-refractivity contribution in [3.8, 4) is 0 Å². The normalized spacial score (nSPS) is 37.3. The van der Waals surface area contributed by atoms with Crippen LogP contribution in [0.15, 0.2) is 0 Å². The van der Waals surface area contributed by atoms with Gasteiger partial charge < -0.3 is 5.32 Å². The van der Waals surface area contributed by atoms with E-state index in [9.17, 15) is 0 Å². The molecule has 0 aromatic rings. The first-order valence-corrected chi connectivity index (χ1v) is 8.76. The molecule has 0 spiro atoms. The van der Waals surface area contributed by atoms with Crippen molar-refractivity contribution in [2.45, 2.75) is 97.6 Å². The molecule has 0 radical (unpaired) electrons. The smallest absolute Gasteiger partial charge is 0.00978 e.